The molecule has 0 unspecified atom stereocenters. The molecule has 0 aliphatic carbocycles. The highest BCUT2D eigenvalue weighted by Crippen LogP contribution is 2.22. The average molecular weight is 446 g/mol. The molecule has 0 radical (unpaired) electrons. The molecule has 3 amide bonds. The van der Waals surface area contributed by atoms with Crippen LogP contribution < -0.4 is 10.6 Å². The standard InChI is InChI=1S/C22H21Cl2N3O3/c23-17-6-7-18(19(24)12-17)22(30)26-13-20(28)25-14-21(29)27-10-8-16(9-11-27)15-4-2-1-3-5-15/h1-8,12H,9-11,13-14H2,(H,25,28)(H,26,30). The summed E-state index contributed by atoms with van der Waals surface area (Å²) in [6, 6.07) is 14.5. The first kappa shape index (κ1) is 21.9. The Hall–Kier alpha value is -2.83. The Morgan fingerprint density at radius 2 is 1.73 bits per heavy atom. The molecule has 2 aromatic carbocycles. The number of carbonyl (C=O) groups is 3. The van der Waals surface area contributed by atoms with E-state index in [1.807, 2.05) is 24.3 Å². The van der Waals surface area contributed by atoms with E-state index in [2.05, 4.69) is 22.8 Å². The van der Waals surface area contributed by atoms with Gasteiger partial charge in [0.1, 0.15) is 0 Å². The topological polar surface area (TPSA) is 78.5 Å². The highest BCUT2D eigenvalue weighted by atomic mass is 35.5. The molecule has 156 valence electrons. The van der Waals surface area contributed by atoms with Crippen molar-refractivity contribution < 1.29 is 14.4 Å². The van der Waals surface area contributed by atoms with Gasteiger partial charge in [0.25, 0.3) is 5.91 Å². The lowest BCUT2D eigenvalue weighted by Crippen LogP contribution is -2.44. The van der Waals surface area contributed by atoms with E-state index in [0.717, 1.165) is 12.0 Å². The van der Waals surface area contributed by atoms with Crippen molar-refractivity contribution in [3.63, 3.8) is 0 Å². The minimum absolute atomic E-state index is 0.120. The van der Waals surface area contributed by atoms with Crippen LogP contribution >= 0.6 is 23.2 Å². The van der Waals surface area contributed by atoms with E-state index in [-0.39, 0.29) is 29.6 Å². The van der Waals surface area contributed by atoms with Gasteiger partial charge in [-0.1, -0.05) is 59.6 Å². The third-order valence-electron chi connectivity index (χ3n) is 4.73. The van der Waals surface area contributed by atoms with Gasteiger partial charge in [0, 0.05) is 18.1 Å². The summed E-state index contributed by atoms with van der Waals surface area (Å²) in [5, 5.41) is 5.62. The van der Waals surface area contributed by atoms with E-state index in [0.29, 0.717) is 18.1 Å². The molecule has 0 bridgehead atoms. The molecule has 0 atom stereocenters. The first-order valence-corrected chi connectivity index (χ1v) is 10.2. The Labute approximate surface area is 184 Å². The third kappa shape index (κ3) is 5.84. The molecule has 2 aromatic rings. The lowest BCUT2D eigenvalue weighted by Gasteiger charge is -2.26. The van der Waals surface area contributed by atoms with Crippen LogP contribution in [0.3, 0.4) is 0 Å². The number of benzene rings is 2. The predicted molar refractivity (Wildman–Crippen MR) is 117 cm³/mol. The van der Waals surface area contributed by atoms with Crippen molar-refractivity contribution in [3.05, 3.63) is 75.8 Å². The molecule has 1 aliphatic heterocycles. The summed E-state index contributed by atoms with van der Waals surface area (Å²) >= 11 is 11.8. The van der Waals surface area contributed by atoms with Crippen LogP contribution in [0.1, 0.15) is 22.3 Å². The second-order valence-electron chi connectivity index (χ2n) is 6.77. The molecule has 1 heterocycles. The smallest absolute Gasteiger partial charge is 0.253 e. The zero-order valence-electron chi connectivity index (χ0n) is 16.2. The van der Waals surface area contributed by atoms with Gasteiger partial charge in [0.15, 0.2) is 0 Å². The molecule has 0 spiro atoms. The lowest BCUT2D eigenvalue weighted by atomic mass is 9.99. The third-order valence-corrected chi connectivity index (χ3v) is 5.28. The maximum Gasteiger partial charge on any atom is 0.253 e. The number of hydrogen-bond donors (Lipinski definition) is 2. The second kappa shape index (κ2) is 10.3. The summed E-state index contributed by atoms with van der Waals surface area (Å²) < 4.78 is 0. The van der Waals surface area contributed by atoms with Crippen LogP contribution in [0, 0.1) is 0 Å². The molecular formula is C22H21Cl2N3O3. The number of carbonyl (C=O) groups excluding carboxylic acids is 3. The van der Waals surface area contributed by atoms with Crippen LogP contribution in [0.2, 0.25) is 10.0 Å². The van der Waals surface area contributed by atoms with E-state index in [1.54, 1.807) is 4.90 Å². The first-order valence-electron chi connectivity index (χ1n) is 9.46. The lowest BCUT2D eigenvalue weighted by molar-refractivity contribution is -0.132. The van der Waals surface area contributed by atoms with E-state index in [4.69, 9.17) is 23.2 Å². The van der Waals surface area contributed by atoms with Crippen LogP contribution in [0.25, 0.3) is 5.57 Å². The molecule has 6 nitrogen and oxygen atoms in total. The molecule has 0 saturated heterocycles. The summed E-state index contributed by atoms with van der Waals surface area (Å²) in [5.74, 6) is -1.12. The predicted octanol–water partition coefficient (Wildman–Crippen LogP) is 3.16. The van der Waals surface area contributed by atoms with E-state index in [9.17, 15) is 14.4 Å². The summed E-state index contributed by atoms with van der Waals surface area (Å²) in [6.45, 7) is 0.722. The van der Waals surface area contributed by atoms with Crippen molar-refractivity contribution in [2.45, 2.75) is 6.42 Å². The monoisotopic (exact) mass is 445 g/mol. The summed E-state index contributed by atoms with van der Waals surface area (Å²) in [5.41, 5.74) is 2.60. The van der Waals surface area contributed by atoms with Crippen molar-refractivity contribution in [3.8, 4) is 0 Å². The van der Waals surface area contributed by atoms with Crippen molar-refractivity contribution in [2.75, 3.05) is 26.2 Å². The van der Waals surface area contributed by atoms with Gasteiger partial charge in [-0.25, -0.2) is 0 Å². The molecule has 8 heteroatoms. The summed E-state index contributed by atoms with van der Waals surface area (Å²) in [6.07, 6.45) is 2.80. The Morgan fingerprint density at radius 1 is 0.967 bits per heavy atom. The van der Waals surface area contributed by atoms with Gasteiger partial charge in [-0.15, -0.1) is 0 Å². The van der Waals surface area contributed by atoms with Crippen molar-refractivity contribution >= 4 is 46.5 Å². The number of nitrogens with one attached hydrogen (secondary N) is 2. The van der Waals surface area contributed by atoms with E-state index >= 15 is 0 Å². The SMILES string of the molecule is O=C(CNC(=O)c1ccc(Cl)cc1Cl)NCC(=O)N1CC=C(c2ccccc2)CC1. The van der Waals surface area contributed by atoms with E-state index in [1.165, 1.54) is 23.8 Å². The van der Waals surface area contributed by atoms with Gasteiger partial charge < -0.3 is 15.5 Å². The highest BCUT2D eigenvalue weighted by Gasteiger charge is 2.18. The Kier molecular flexibility index (Phi) is 7.49. The molecule has 0 fully saturated rings. The largest absolute Gasteiger partial charge is 0.345 e. The van der Waals surface area contributed by atoms with Gasteiger partial charge in [-0.05, 0) is 35.8 Å². The molecule has 0 aromatic heterocycles. The molecular weight excluding hydrogens is 425 g/mol. The zero-order valence-corrected chi connectivity index (χ0v) is 17.7. The zero-order chi connectivity index (χ0) is 21.5. The van der Waals surface area contributed by atoms with Crippen LogP contribution in [-0.4, -0.2) is 48.8 Å². The fourth-order valence-electron chi connectivity index (χ4n) is 3.09. The number of halogens is 2. The fourth-order valence-corrected chi connectivity index (χ4v) is 3.58. The van der Waals surface area contributed by atoms with Gasteiger partial charge in [0.05, 0.1) is 23.7 Å². The Balaban J connectivity index is 1.42. The fraction of sp³-hybridized carbons (Fsp3) is 0.227. The molecule has 0 saturated carbocycles. The van der Waals surface area contributed by atoms with Crippen LogP contribution in [0.4, 0.5) is 0 Å². The van der Waals surface area contributed by atoms with Gasteiger partial charge >= 0.3 is 0 Å². The Morgan fingerprint density at radius 3 is 2.40 bits per heavy atom. The quantitative estimate of drug-likeness (QED) is 0.716. The normalized spacial score (nSPS) is 13.4. The Bertz CT molecular complexity index is 977. The number of rotatable bonds is 6. The van der Waals surface area contributed by atoms with Crippen molar-refractivity contribution in [1.82, 2.24) is 15.5 Å². The number of nitrogens with zero attached hydrogens (tertiary/aromatic N) is 1. The van der Waals surface area contributed by atoms with Crippen LogP contribution in [0.15, 0.2) is 54.6 Å². The molecule has 30 heavy (non-hydrogen) atoms. The molecule has 1 aliphatic rings. The maximum atomic E-state index is 12.3. The van der Waals surface area contributed by atoms with Crippen molar-refractivity contribution in [1.29, 1.82) is 0 Å². The molecule has 3 rings (SSSR count). The van der Waals surface area contributed by atoms with Gasteiger partial charge in [0.2, 0.25) is 11.8 Å². The first-order chi connectivity index (χ1) is 14.4. The van der Waals surface area contributed by atoms with Crippen LogP contribution in [-0.2, 0) is 9.59 Å². The minimum atomic E-state index is -0.493. The molecule has 2 N–H and O–H groups in total. The second-order valence-corrected chi connectivity index (χ2v) is 7.61. The number of hydrogen-bond acceptors (Lipinski definition) is 3. The summed E-state index contributed by atoms with van der Waals surface area (Å²) in [4.78, 5) is 38.1. The van der Waals surface area contributed by atoms with Crippen LogP contribution in [0.5, 0.6) is 0 Å². The van der Waals surface area contributed by atoms with Gasteiger partial charge in [-0.3, -0.25) is 14.4 Å². The minimum Gasteiger partial charge on any atom is -0.345 e. The number of amides is 3. The average Bonchev–Trinajstić information content (AvgIpc) is 2.76. The summed E-state index contributed by atoms with van der Waals surface area (Å²) in [7, 11) is 0. The van der Waals surface area contributed by atoms with Crippen molar-refractivity contribution in [2.24, 2.45) is 0 Å². The van der Waals surface area contributed by atoms with E-state index < -0.39 is 11.8 Å². The van der Waals surface area contributed by atoms with Gasteiger partial charge in [-0.2, -0.15) is 0 Å². The maximum absolute atomic E-state index is 12.3. The highest BCUT2D eigenvalue weighted by molar-refractivity contribution is 6.36.